The normalized spacial score (nSPS) is 10.0. The molecule has 0 bridgehead atoms. The molecule has 0 aliphatic rings. The number of anilines is 1. The summed E-state index contributed by atoms with van der Waals surface area (Å²) < 4.78 is 0. The van der Waals surface area contributed by atoms with Crippen LogP contribution in [0.2, 0.25) is 0 Å². The summed E-state index contributed by atoms with van der Waals surface area (Å²) in [4.78, 5) is 36.1. The zero-order valence-electron chi connectivity index (χ0n) is 11.8. The van der Waals surface area contributed by atoms with E-state index < -0.39 is 11.8 Å². The molecule has 1 rings (SSSR count). The fourth-order valence-electron chi connectivity index (χ4n) is 1.53. The molecule has 0 radical (unpaired) electrons. The summed E-state index contributed by atoms with van der Waals surface area (Å²) in [5.74, 6) is -1.83. The van der Waals surface area contributed by atoms with Crippen molar-refractivity contribution in [1.82, 2.24) is 10.2 Å². The highest BCUT2D eigenvalue weighted by molar-refractivity contribution is 6.39. The number of nitrogens with zero attached hydrogens (tertiary/aromatic N) is 1. The van der Waals surface area contributed by atoms with E-state index in [0.29, 0.717) is 5.69 Å². The number of amides is 3. The monoisotopic (exact) mass is 277 g/mol. The maximum absolute atomic E-state index is 11.8. The molecule has 3 amide bonds. The molecule has 0 atom stereocenters. The van der Waals surface area contributed by atoms with E-state index in [9.17, 15) is 14.4 Å². The van der Waals surface area contributed by atoms with Gasteiger partial charge in [0.1, 0.15) is 0 Å². The fourth-order valence-corrected chi connectivity index (χ4v) is 1.53. The highest BCUT2D eigenvalue weighted by Crippen LogP contribution is 2.05. The molecule has 0 aliphatic carbocycles. The molecule has 1 aromatic carbocycles. The molecule has 0 saturated carbocycles. The van der Waals surface area contributed by atoms with Crippen LogP contribution in [0.25, 0.3) is 0 Å². The van der Waals surface area contributed by atoms with Gasteiger partial charge in [0, 0.05) is 18.8 Å². The Morgan fingerprint density at radius 3 is 2.30 bits per heavy atom. The largest absolute Gasteiger partial charge is 0.352 e. The zero-order chi connectivity index (χ0) is 15.1. The lowest BCUT2D eigenvalue weighted by atomic mass is 10.3. The molecule has 0 aliphatic heterocycles. The summed E-state index contributed by atoms with van der Waals surface area (Å²) in [7, 11) is 1.41. The van der Waals surface area contributed by atoms with Crippen molar-refractivity contribution in [1.29, 1.82) is 0 Å². The van der Waals surface area contributed by atoms with E-state index in [0.717, 1.165) is 4.90 Å². The van der Waals surface area contributed by atoms with Gasteiger partial charge in [0.15, 0.2) is 0 Å². The van der Waals surface area contributed by atoms with Gasteiger partial charge >= 0.3 is 11.8 Å². The minimum Gasteiger partial charge on any atom is -0.352 e. The average Bonchev–Trinajstić information content (AvgIpc) is 2.37. The van der Waals surface area contributed by atoms with Gasteiger partial charge in [-0.15, -0.1) is 0 Å². The first-order chi connectivity index (χ1) is 9.40. The van der Waals surface area contributed by atoms with Crippen molar-refractivity contribution in [2.75, 3.05) is 18.9 Å². The molecule has 0 spiro atoms. The van der Waals surface area contributed by atoms with E-state index in [2.05, 4.69) is 10.6 Å². The van der Waals surface area contributed by atoms with Gasteiger partial charge in [-0.1, -0.05) is 18.2 Å². The van der Waals surface area contributed by atoms with E-state index in [-0.39, 0.29) is 18.5 Å². The molecule has 6 nitrogen and oxygen atoms in total. The Balaban J connectivity index is 2.52. The van der Waals surface area contributed by atoms with Crippen LogP contribution in [0, 0.1) is 0 Å². The second-order valence-electron chi connectivity index (χ2n) is 4.70. The van der Waals surface area contributed by atoms with Gasteiger partial charge in [-0.25, -0.2) is 0 Å². The van der Waals surface area contributed by atoms with Crippen molar-refractivity contribution in [2.24, 2.45) is 0 Å². The highest BCUT2D eigenvalue weighted by atomic mass is 16.2. The first-order valence-electron chi connectivity index (χ1n) is 6.31. The molecule has 0 fully saturated rings. The van der Waals surface area contributed by atoms with Crippen LogP contribution in [0.4, 0.5) is 5.69 Å². The predicted octanol–water partition coefficient (Wildman–Crippen LogP) is 0.608. The third kappa shape index (κ3) is 5.09. The standard InChI is InChI=1S/C14H19N3O3/c1-10(2)15-12(18)9-17(3)14(20)13(19)16-11-7-5-4-6-8-11/h4-8,10H,9H2,1-3H3,(H,15,18)(H,16,19). The molecular weight excluding hydrogens is 258 g/mol. The number of likely N-dealkylation sites (N-methyl/N-ethyl adjacent to an activating group) is 1. The number of hydrogen-bond donors (Lipinski definition) is 2. The van der Waals surface area contributed by atoms with Crippen LogP contribution in [-0.4, -0.2) is 42.3 Å². The van der Waals surface area contributed by atoms with Gasteiger partial charge in [0.25, 0.3) is 0 Å². The Hall–Kier alpha value is -2.37. The Morgan fingerprint density at radius 2 is 1.75 bits per heavy atom. The molecule has 0 saturated heterocycles. The molecular formula is C14H19N3O3. The lowest BCUT2D eigenvalue weighted by Crippen LogP contribution is -2.44. The van der Waals surface area contributed by atoms with Crippen molar-refractivity contribution < 1.29 is 14.4 Å². The number of hydrogen-bond acceptors (Lipinski definition) is 3. The molecule has 0 heterocycles. The lowest BCUT2D eigenvalue weighted by molar-refractivity contribution is -0.143. The molecule has 20 heavy (non-hydrogen) atoms. The molecule has 6 heteroatoms. The van der Waals surface area contributed by atoms with E-state index in [1.54, 1.807) is 30.3 Å². The number of rotatable bonds is 4. The summed E-state index contributed by atoms with van der Waals surface area (Å²) >= 11 is 0. The Morgan fingerprint density at radius 1 is 1.15 bits per heavy atom. The predicted molar refractivity (Wildman–Crippen MR) is 76.0 cm³/mol. The molecule has 0 unspecified atom stereocenters. The lowest BCUT2D eigenvalue weighted by Gasteiger charge is -2.17. The van der Waals surface area contributed by atoms with E-state index >= 15 is 0 Å². The van der Waals surface area contributed by atoms with Gasteiger partial charge in [0.2, 0.25) is 5.91 Å². The number of nitrogens with one attached hydrogen (secondary N) is 2. The van der Waals surface area contributed by atoms with Crippen LogP contribution in [0.3, 0.4) is 0 Å². The molecule has 1 aromatic rings. The van der Waals surface area contributed by atoms with Crippen molar-refractivity contribution in [2.45, 2.75) is 19.9 Å². The third-order valence-electron chi connectivity index (χ3n) is 2.40. The van der Waals surface area contributed by atoms with Crippen molar-refractivity contribution >= 4 is 23.4 Å². The average molecular weight is 277 g/mol. The van der Waals surface area contributed by atoms with E-state index in [1.165, 1.54) is 7.05 Å². The van der Waals surface area contributed by atoms with Gasteiger partial charge in [-0.3, -0.25) is 14.4 Å². The molecule has 0 aromatic heterocycles. The second-order valence-corrected chi connectivity index (χ2v) is 4.70. The zero-order valence-corrected chi connectivity index (χ0v) is 11.8. The van der Waals surface area contributed by atoms with Gasteiger partial charge in [0.05, 0.1) is 6.54 Å². The van der Waals surface area contributed by atoms with E-state index in [4.69, 9.17) is 0 Å². The van der Waals surface area contributed by atoms with Crippen LogP contribution in [-0.2, 0) is 14.4 Å². The highest BCUT2D eigenvalue weighted by Gasteiger charge is 2.20. The van der Waals surface area contributed by atoms with Crippen molar-refractivity contribution in [3.63, 3.8) is 0 Å². The maximum atomic E-state index is 11.8. The minimum atomic E-state index is -0.768. The maximum Gasteiger partial charge on any atom is 0.313 e. The third-order valence-corrected chi connectivity index (χ3v) is 2.40. The Labute approximate surface area is 118 Å². The first-order valence-corrected chi connectivity index (χ1v) is 6.31. The van der Waals surface area contributed by atoms with Crippen LogP contribution in [0.1, 0.15) is 13.8 Å². The molecule has 108 valence electrons. The van der Waals surface area contributed by atoms with Crippen LogP contribution in [0.15, 0.2) is 30.3 Å². The quantitative estimate of drug-likeness (QED) is 0.791. The minimum absolute atomic E-state index is 0.0100. The smallest absolute Gasteiger partial charge is 0.313 e. The number of carbonyl (C=O) groups excluding carboxylic acids is 3. The van der Waals surface area contributed by atoms with E-state index in [1.807, 2.05) is 13.8 Å². The molecule has 2 N–H and O–H groups in total. The number of carbonyl (C=O) groups is 3. The Kier molecular flexibility index (Phi) is 5.71. The summed E-state index contributed by atoms with van der Waals surface area (Å²) in [6.07, 6.45) is 0. The topological polar surface area (TPSA) is 78.5 Å². The second kappa shape index (κ2) is 7.28. The number of benzene rings is 1. The van der Waals surface area contributed by atoms with Crippen molar-refractivity contribution in [3.05, 3.63) is 30.3 Å². The summed E-state index contributed by atoms with van der Waals surface area (Å²) in [5.41, 5.74) is 0.533. The first kappa shape index (κ1) is 15.7. The SMILES string of the molecule is CC(C)NC(=O)CN(C)C(=O)C(=O)Nc1ccccc1. The summed E-state index contributed by atoms with van der Waals surface area (Å²) in [6.45, 7) is 3.49. The summed E-state index contributed by atoms with van der Waals surface area (Å²) in [5, 5.41) is 5.13. The van der Waals surface area contributed by atoms with Crippen LogP contribution < -0.4 is 10.6 Å². The van der Waals surface area contributed by atoms with Crippen LogP contribution >= 0.6 is 0 Å². The fraction of sp³-hybridized carbons (Fsp3) is 0.357. The number of para-hydroxylation sites is 1. The van der Waals surface area contributed by atoms with Crippen molar-refractivity contribution in [3.8, 4) is 0 Å². The van der Waals surface area contributed by atoms with Gasteiger partial charge < -0.3 is 15.5 Å². The van der Waals surface area contributed by atoms with Gasteiger partial charge in [-0.05, 0) is 26.0 Å². The van der Waals surface area contributed by atoms with Crippen LogP contribution in [0.5, 0.6) is 0 Å². The summed E-state index contributed by atoms with van der Waals surface area (Å²) in [6, 6.07) is 8.65. The Bertz CT molecular complexity index is 486. The van der Waals surface area contributed by atoms with Gasteiger partial charge in [-0.2, -0.15) is 0 Å².